The van der Waals surface area contributed by atoms with Gasteiger partial charge in [-0.15, -0.1) is 6.58 Å². The number of benzene rings is 1. The topological polar surface area (TPSA) is 46.2 Å². The zero-order valence-corrected chi connectivity index (χ0v) is 7.83. The number of phenols is 1. The summed E-state index contributed by atoms with van der Waals surface area (Å²) in [7, 11) is 0. The minimum absolute atomic E-state index is 0.0652. The smallest absolute Gasteiger partial charge is 0.118 e. The lowest BCUT2D eigenvalue weighted by molar-refractivity contribution is 0.469. The summed E-state index contributed by atoms with van der Waals surface area (Å²) in [6.07, 6.45) is 2.51. The molecule has 0 fully saturated rings. The minimum Gasteiger partial charge on any atom is -0.508 e. The van der Waals surface area contributed by atoms with Gasteiger partial charge in [0.05, 0.1) is 0 Å². The fourth-order valence-electron chi connectivity index (χ4n) is 1.35. The maximum atomic E-state index is 9.44. The molecule has 0 radical (unpaired) electrons. The highest BCUT2D eigenvalue weighted by Gasteiger charge is 2.08. The van der Waals surface area contributed by atoms with Crippen molar-refractivity contribution in [1.29, 1.82) is 0 Å². The molecule has 0 bridgehead atoms. The molecule has 1 aromatic carbocycles. The predicted molar refractivity (Wildman–Crippen MR) is 54.6 cm³/mol. The Kier molecular flexibility index (Phi) is 3.09. The van der Waals surface area contributed by atoms with Crippen LogP contribution >= 0.6 is 0 Å². The van der Waals surface area contributed by atoms with Crippen molar-refractivity contribution in [2.45, 2.75) is 19.4 Å². The van der Waals surface area contributed by atoms with Gasteiger partial charge in [-0.3, -0.25) is 0 Å². The third-order valence-corrected chi connectivity index (χ3v) is 2.17. The van der Waals surface area contributed by atoms with Crippen LogP contribution in [0.15, 0.2) is 30.9 Å². The summed E-state index contributed by atoms with van der Waals surface area (Å²) < 4.78 is 0. The van der Waals surface area contributed by atoms with E-state index in [1.54, 1.807) is 18.2 Å². The highest BCUT2D eigenvalue weighted by molar-refractivity contribution is 5.39. The molecule has 0 aliphatic rings. The Balaban J connectivity index is 3.00. The Labute approximate surface area is 78.7 Å². The summed E-state index contributed by atoms with van der Waals surface area (Å²) in [6.45, 7) is 5.50. The van der Waals surface area contributed by atoms with E-state index in [1.165, 1.54) is 0 Å². The Morgan fingerprint density at radius 2 is 2.31 bits per heavy atom. The third-order valence-electron chi connectivity index (χ3n) is 2.17. The SMILES string of the molecule is C=CC[C@H](N)c1cccc(O)c1C. The zero-order valence-electron chi connectivity index (χ0n) is 7.83. The lowest BCUT2D eigenvalue weighted by atomic mass is 9.99. The van der Waals surface area contributed by atoms with Crippen LogP contribution in [0.3, 0.4) is 0 Å². The van der Waals surface area contributed by atoms with Crippen LogP contribution in [-0.4, -0.2) is 5.11 Å². The van der Waals surface area contributed by atoms with Crippen molar-refractivity contribution >= 4 is 0 Å². The van der Waals surface area contributed by atoms with E-state index in [9.17, 15) is 5.11 Å². The molecular formula is C11H15NO. The zero-order chi connectivity index (χ0) is 9.84. The van der Waals surface area contributed by atoms with Crippen molar-refractivity contribution in [3.8, 4) is 5.75 Å². The quantitative estimate of drug-likeness (QED) is 0.696. The molecule has 0 heterocycles. The molecule has 0 saturated carbocycles. The van der Waals surface area contributed by atoms with Gasteiger partial charge in [0.2, 0.25) is 0 Å². The molecule has 2 heteroatoms. The first-order valence-corrected chi connectivity index (χ1v) is 4.31. The third kappa shape index (κ3) is 2.10. The largest absolute Gasteiger partial charge is 0.508 e. The average molecular weight is 177 g/mol. The summed E-state index contributed by atoms with van der Waals surface area (Å²) in [5.74, 6) is 0.303. The van der Waals surface area contributed by atoms with Crippen molar-refractivity contribution in [3.05, 3.63) is 42.0 Å². The first kappa shape index (κ1) is 9.81. The van der Waals surface area contributed by atoms with Crippen LogP contribution in [-0.2, 0) is 0 Å². The van der Waals surface area contributed by atoms with E-state index in [2.05, 4.69) is 6.58 Å². The van der Waals surface area contributed by atoms with Crippen LogP contribution in [0.1, 0.15) is 23.6 Å². The van der Waals surface area contributed by atoms with E-state index < -0.39 is 0 Å². The van der Waals surface area contributed by atoms with Crippen LogP contribution in [0.2, 0.25) is 0 Å². The Morgan fingerprint density at radius 3 is 2.92 bits per heavy atom. The van der Waals surface area contributed by atoms with Crippen molar-refractivity contribution in [1.82, 2.24) is 0 Å². The first-order valence-electron chi connectivity index (χ1n) is 4.31. The second-order valence-corrected chi connectivity index (χ2v) is 3.12. The number of rotatable bonds is 3. The van der Waals surface area contributed by atoms with Crippen molar-refractivity contribution in [3.63, 3.8) is 0 Å². The van der Waals surface area contributed by atoms with Crippen LogP contribution < -0.4 is 5.73 Å². The van der Waals surface area contributed by atoms with E-state index >= 15 is 0 Å². The minimum atomic E-state index is -0.0652. The van der Waals surface area contributed by atoms with Crippen molar-refractivity contribution in [2.75, 3.05) is 0 Å². The maximum absolute atomic E-state index is 9.44. The van der Waals surface area contributed by atoms with Gasteiger partial charge in [-0.25, -0.2) is 0 Å². The molecule has 13 heavy (non-hydrogen) atoms. The predicted octanol–water partition coefficient (Wildman–Crippen LogP) is 2.28. The molecular weight excluding hydrogens is 162 g/mol. The van der Waals surface area contributed by atoms with E-state index in [0.717, 1.165) is 17.5 Å². The second-order valence-electron chi connectivity index (χ2n) is 3.12. The van der Waals surface area contributed by atoms with Crippen LogP contribution in [0, 0.1) is 6.92 Å². The van der Waals surface area contributed by atoms with Gasteiger partial charge in [-0.05, 0) is 30.5 Å². The highest BCUT2D eigenvalue weighted by atomic mass is 16.3. The molecule has 3 N–H and O–H groups in total. The Morgan fingerprint density at radius 1 is 1.62 bits per heavy atom. The molecule has 1 atom stereocenters. The fraction of sp³-hybridized carbons (Fsp3) is 0.273. The van der Waals surface area contributed by atoms with Gasteiger partial charge in [-0.1, -0.05) is 18.2 Å². The summed E-state index contributed by atoms with van der Waals surface area (Å²) in [5.41, 5.74) is 7.74. The summed E-state index contributed by atoms with van der Waals surface area (Å²) in [5, 5.41) is 9.44. The van der Waals surface area contributed by atoms with E-state index in [0.29, 0.717) is 5.75 Å². The summed E-state index contributed by atoms with van der Waals surface area (Å²) >= 11 is 0. The molecule has 1 aromatic rings. The number of hydrogen-bond acceptors (Lipinski definition) is 2. The monoisotopic (exact) mass is 177 g/mol. The van der Waals surface area contributed by atoms with Gasteiger partial charge in [0.25, 0.3) is 0 Å². The van der Waals surface area contributed by atoms with E-state index in [1.807, 2.05) is 13.0 Å². The van der Waals surface area contributed by atoms with Gasteiger partial charge >= 0.3 is 0 Å². The normalized spacial score (nSPS) is 12.5. The van der Waals surface area contributed by atoms with Gasteiger partial charge in [0.15, 0.2) is 0 Å². The van der Waals surface area contributed by atoms with Crippen molar-refractivity contribution < 1.29 is 5.11 Å². The molecule has 0 saturated heterocycles. The molecule has 1 rings (SSSR count). The lowest BCUT2D eigenvalue weighted by Crippen LogP contribution is -2.10. The standard InChI is InChI=1S/C11H15NO/c1-3-5-10(12)9-6-4-7-11(13)8(9)2/h3-4,6-7,10,13H,1,5,12H2,2H3/t10-/m0/s1. The summed E-state index contributed by atoms with van der Waals surface area (Å²) in [6, 6.07) is 5.34. The van der Waals surface area contributed by atoms with E-state index in [4.69, 9.17) is 5.73 Å². The molecule has 70 valence electrons. The average Bonchev–Trinajstić information content (AvgIpc) is 2.10. The fourth-order valence-corrected chi connectivity index (χ4v) is 1.35. The molecule has 0 spiro atoms. The highest BCUT2D eigenvalue weighted by Crippen LogP contribution is 2.25. The number of phenolic OH excluding ortho intramolecular Hbond substituents is 1. The molecule has 2 nitrogen and oxygen atoms in total. The van der Waals surface area contributed by atoms with Gasteiger partial charge < -0.3 is 10.8 Å². The van der Waals surface area contributed by atoms with Gasteiger partial charge in [-0.2, -0.15) is 0 Å². The maximum Gasteiger partial charge on any atom is 0.118 e. The second kappa shape index (κ2) is 4.10. The molecule has 0 aliphatic carbocycles. The summed E-state index contributed by atoms with van der Waals surface area (Å²) in [4.78, 5) is 0. The van der Waals surface area contributed by atoms with Crippen LogP contribution in [0.4, 0.5) is 0 Å². The molecule has 0 amide bonds. The Bertz CT molecular complexity index is 307. The number of aromatic hydroxyl groups is 1. The number of nitrogens with two attached hydrogens (primary N) is 1. The van der Waals surface area contributed by atoms with Crippen LogP contribution in [0.25, 0.3) is 0 Å². The Hall–Kier alpha value is -1.28. The van der Waals surface area contributed by atoms with E-state index in [-0.39, 0.29) is 6.04 Å². The van der Waals surface area contributed by atoms with Crippen LogP contribution in [0.5, 0.6) is 5.75 Å². The van der Waals surface area contributed by atoms with Crippen molar-refractivity contribution in [2.24, 2.45) is 5.73 Å². The molecule has 0 aromatic heterocycles. The van der Waals surface area contributed by atoms with Gasteiger partial charge in [0.1, 0.15) is 5.75 Å². The van der Waals surface area contributed by atoms with Gasteiger partial charge in [0, 0.05) is 6.04 Å². The molecule has 0 unspecified atom stereocenters. The molecule has 0 aliphatic heterocycles. The number of hydrogen-bond donors (Lipinski definition) is 2. The lowest BCUT2D eigenvalue weighted by Gasteiger charge is -2.13. The first-order chi connectivity index (χ1) is 6.16.